The van der Waals surface area contributed by atoms with Crippen LogP contribution in [0.5, 0.6) is 0 Å². The molecule has 0 atom stereocenters. The summed E-state index contributed by atoms with van der Waals surface area (Å²) in [5.74, 6) is 0.706. The molecule has 3 nitrogen and oxygen atoms in total. The van der Waals surface area contributed by atoms with Gasteiger partial charge in [0.15, 0.2) is 5.82 Å². The molecule has 0 bridgehead atoms. The average molecular weight is 612 g/mol. The second-order valence-corrected chi connectivity index (χ2v) is 12.0. The summed E-state index contributed by atoms with van der Waals surface area (Å²) in [6, 6.07) is 59.7. The highest BCUT2D eigenvalue weighted by molar-refractivity contribution is 5.98. The molecule has 0 aliphatic rings. The number of nitrogens with zero attached hydrogens (tertiary/aromatic N) is 3. The van der Waals surface area contributed by atoms with E-state index in [1.807, 2.05) is 12.3 Å². The molecule has 224 valence electrons. The molecule has 2 aromatic heterocycles. The van der Waals surface area contributed by atoms with Crippen molar-refractivity contribution in [2.75, 3.05) is 0 Å². The number of hydrogen-bond acceptors (Lipinski definition) is 3. The molecule has 3 heteroatoms. The third kappa shape index (κ3) is 4.99. The molecule has 0 spiro atoms. The first-order valence-corrected chi connectivity index (χ1v) is 16.2. The Morgan fingerprint density at radius 3 is 1.65 bits per heavy atom. The quantitative estimate of drug-likeness (QED) is 0.194. The van der Waals surface area contributed by atoms with Crippen molar-refractivity contribution in [3.05, 3.63) is 176 Å². The van der Waals surface area contributed by atoms with Crippen LogP contribution in [0.3, 0.4) is 0 Å². The van der Waals surface area contributed by atoms with E-state index in [0.717, 1.165) is 60.9 Å². The molecule has 0 saturated heterocycles. The van der Waals surface area contributed by atoms with Gasteiger partial charge >= 0.3 is 0 Å². The highest BCUT2D eigenvalue weighted by atomic mass is 14.9. The molecule has 2 heterocycles. The molecule has 0 aliphatic heterocycles. The Hall–Kier alpha value is -6.45. The lowest BCUT2D eigenvalue weighted by molar-refractivity contribution is 1.19. The number of aromatic nitrogens is 3. The van der Waals surface area contributed by atoms with Crippen LogP contribution in [0, 0.1) is 0 Å². The lowest BCUT2D eigenvalue weighted by atomic mass is 9.96. The van der Waals surface area contributed by atoms with Crippen LogP contribution in [0.4, 0.5) is 0 Å². The van der Waals surface area contributed by atoms with Crippen LogP contribution in [-0.2, 0) is 0 Å². The SMILES string of the molecule is c1cc(-c2cc(-c3ccc(-c4cccc5ccccc45)cc3)nc(-c3cccc4ccccc34)n2)cc(-c2cccc3ncccc23)c1. The molecule has 0 N–H and O–H groups in total. The zero-order valence-corrected chi connectivity index (χ0v) is 26.1. The molecular weight excluding hydrogens is 583 g/mol. The smallest absolute Gasteiger partial charge is 0.161 e. The Kier molecular flexibility index (Phi) is 6.80. The highest BCUT2D eigenvalue weighted by Gasteiger charge is 2.14. The number of pyridine rings is 1. The van der Waals surface area contributed by atoms with Gasteiger partial charge in [0.25, 0.3) is 0 Å². The van der Waals surface area contributed by atoms with E-state index < -0.39 is 0 Å². The Bertz CT molecular complexity index is 2610. The van der Waals surface area contributed by atoms with Gasteiger partial charge in [0.05, 0.1) is 16.9 Å². The maximum Gasteiger partial charge on any atom is 0.161 e. The zero-order chi connectivity index (χ0) is 31.9. The molecule has 0 radical (unpaired) electrons. The molecule has 9 aromatic rings. The summed E-state index contributed by atoms with van der Waals surface area (Å²) in [7, 11) is 0. The van der Waals surface area contributed by atoms with Gasteiger partial charge in [0.1, 0.15) is 0 Å². The van der Waals surface area contributed by atoms with E-state index in [2.05, 4.69) is 169 Å². The second-order valence-electron chi connectivity index (χ2n) is 12.0. The highest BCUT2D eigenvalue weighted by Crippen LogP contribution is 2.35. The van der Waals surface area contributed by atoms with Gasteiger partial charge in [-0.2, -0.15) is 0 Å². The Balaban J connectivity index is 1.20. The summed E-state index contributed by atoms with van der Waals surface area (Å²) in [5.41, 5.74) is 10.5. The van der Waals surface area contributed by atoms with Gasteiger partial charge in [0.2, 0.25) is 0 Å². The van der Waals surface area contributed by atoms with Crippen molar-refractivity contribution in [2.45, 2.75) is 0 Å². The Morgan fingerprint density at radius 2 is 0.875 bits per heavy atom. The van der Waals surface area contributed by atoms with Crippen molar-refractivity contribution < 1.29 is 0 Å². The molecule has 0 aliphatic carbocycles. The largest absolute Gasteiger partial charge is 0.256 e. The Morgan fingerprint density at radius 1 is 0.333 bits per heavy atom. The van der Waals surface area contributed by atoms with E-state index in [4.69, 9.17) is 9.97 Å². The summed E-state index contributed by atoms with van der Waals surface area (Å²) in [4.78, 5) is 15.0. The minimum absolute atomic E-state index is 0.706. The number of hydrogen-bond donors (Lipinski definition) is 0. The molecule has 7 aromatic carbocycles. The topological polar surface area (TPSA) is 38.7 Å². The summed E-state index contributed by atoms with van der Waals surface area (Å²) >= 11 is 0. The molecule has 0 fully saturated rings. The van der Waals surface area contributed by atoms with Gasteiger partial charge in [-0.15, -0.1) is 0 Å². The van der Waals surface area contributed by atoms with E-state index in [-0.39, 0.29) is 0 Å². The molecule has 0 amide bonds. The van der Waals surface area contributed by atoms with Crippen molar-refractivity contribution in [3.8, 4) is 56.2 Å². The van der Waals surface area contributed by atoms with Crippen molar-refractivity contribution in [3.63, 3.8) is 0 Å². The van der Waals surface area contributed by atoms with Crippen LogP contribution in [0.15, 0.2) is 176 Å². The van der Waals surface area contributed by atoms with E-state index in [1.165, 1.54) is 21.9 Å². The molecular formula is C45H29N3. The molecule has 9 rings (SSSR count). The fourth-order valence-corrected chi connectivity index (χ4v) is 6.78. The van der Waals surface area contributed by atoms with E-state index in [0.29, 0.717) is 5.82 Å². The predicted octanol–water partition coefficient (Wildman–Crippen LogP) is 11.7. The van der Waals surface area contributed by atoms with Crippen LogP contribution in [0.1, 0.15) is 0 Å². The Labute approximate surface area is 278 Å². The van der Waals surface area contributed by atoms with Gasteiger partial charge in [-0.1, -0.05) is 146 Å². The first-order valence-electron chi connectivity index (χ1n) is 16.2. The maximum absolute atomic E-state index is 5.22. The summed E-state index contributed by atoms with van der Waals surface area (Å²) < 4.78 is 0. The van der Waals surface area contributed by atoms with E-state index >= 15 is 0 Å². The number of benzene rings is 7. The number of rotatable bonds is 5. The fourth-order valence-electron chi connectivity index (χ4n) is 6.78. The average Bonchev–Trinajstić information content (AvgIpc) is 3.17. The van der Waals surface area contributed by atoms with Crippen molar-refractivity contribution in [2.24, 2.45) is 0 Å². The van der Waals surface area contributed by atoms with E-state index in [9.17, 15) is 0 Å². The van der Waals surface area contributed by atoms with Crippen LogP contribution in [0.25, 0.3) is 88.6 Å². The summed E-state index contributed by atoms with van der Waals surface area (Å²) in [6.07, 6.45) is 1.84. The summed E-state index contributed by atoms with van der Waals surface area (Å²) in [5, 5.41) is 5.91. The predicted molar refractivity (Wildman–Crippen MR) is 200 cm³/mol. The van der Waals surface area contributed by atoms with Crippen LogP contribution < -0.4 is 0 Å². The van der Waals surface area contributed by atoms with Gasteiger partial charge in [-0.25, -0.2) is 9.97 Å². The van der Waals surface area contributed by atoms with Crippen molar-refractivity contribution >= 4 is 32.4 Å². The van der Waals surface area contributed by atoms with Crippen LogP contribution in [0.2, 0.25) is 0 Å². The van der Waals surface area contributed by atoms with Crippen molar-refractivity contribution in [1.82, 2.24) is 15.0 Å². The third-order valence-electron chi connectivity index (χ3n) is 9.15. The van der Waals surface area contributed by atoms with Crippen LogP contribution >= 0.6 is 0 Å². The van der Waals surface area contributed by atoms with Gasteiger partial charge < -0.3 is 0 Å². The lowest BCUT2D eigenvalue weighted by Crippen LogP contribution is -1.97. The molecule has 0 saturated carbocycles. The van der Waals surface area contributed by atoms with Crippen LogP contribution in [-0.4, -0.2) is 15.0 Å². The second kappa shape index (κ2) is 11.7. The first-order chi connectivity index (χ1) is 23.8. The minimum Gasteiger partial charge on any atom is -0.256 e. The van der Waals surface area contributed by atoms with Crippen molar-refractivity contribution in [1.29, 1.82) is 0 Å². The normalized spacial score (nSPS) is 11.3. The van der Waals surface area contributed by atoms with Gasteiger partial charge in [-0.3, -0.25) is 4.98 Å². The lowest BCUT2D eigenvalue weighted by Gasteiger charge is -2.13. The monoisotopic (exact) mass is 611 g/mol. The van der Waals surface area contributed by atoms with Gasteiger partial charge in [0, 0.05) is 28.3 Å². The van der Waals surface area contributed by atoms with Gasteiger partial charge in [-0.05, 0) is 68.1 Å². The standard InChI is InChI=1S/C45H29N3/c1-3-16-36-30(10-1)12-6-18-37(36)32-23-25-33(26-24-32)43-29-44(48-45(47-43)41-20-7-13-31-11-2-4-17-38(31)41)35-15-5-14-34(28-35)39-19-8-22-42-40(39)21-9-27-46-42/h1-29H. The molecule has 48 heavy (non-hydrogen) atoms. The third-order valence-corrected chi connectivity index (χ3v) is 9.15. The fraction of sp³-hybridized carbons (Fsp3) is 0. The zero-order valence-electron chi connectivity index (χ0n) is 26.1. The number of fused-ring (bicyclic) bond motifs is 3. The van der Waals surface area contributed by atoms with E-state index in [1.54, 1.807) is 0 Å². The minimum atomic E-state index is 0.706. The maximum atomic E-state index is 5.22. The molecule has 0 unspecified atom stereocenters. The summed E-state index contributed by atoms with van der Waals surface area (Å²) in [6.45, 7) is 0. The first kappa shape index (κ1) is 27.8.